The van der Waals surface area contributed by atoms with Gasteiger partial charge in [0.2, 0.25) is 0 Å². The van der Waals surface area contributed by atoms with Crippen molar-refractivity contribution in [1.82, 2.24) is 19.9 Å². The van der Waals surface area contributed by atoms with E-state index >= 15 is 0 Å². The van der Waals surface area contributed by atoms with Crippen molar-refractivity contribution >= 4 is 0 Å². The van der Waals surface area contributed by atoms with Crippen LogP contribution < -0.4 is 0 Å². The number of aromatic nitrogens is 3. The van der Waals surface area contributed by atoms with Gasteiger partial charge in [0.05, 0.1) is 11.3 Å². The molecule has 0 bridgehead atoms. The lowest BCUT2D eigenvalue weighted by atomic mass is 10.1. The first-order valence-electron chi connectivity index (χ1n) is 9.05. The number of nitrogens with zero attached hydrogens (tertiary/aromatic N) is 4. The predicted octanol–water partition coefficient (Wildman–Crippen LogP) is 4.42. The Hall–Kier alpha value is -2.80. The van der Waals surface area contributed by atoms with Crippen LogP contribution in [0.15, 0.2) is 48.8 Å². The van der Waals surface area contributed by atoms with Gasteiger partial charge in [-0.1, -0.05) is 18.2 Å². The summed E-state index contributed by atoms with van der Waals surface area (Å²) in [6.07, 6.45) is 0.0225. The van der Waals surface area contributed by atoms with Crippen molar-refractivity contribution in [2.75, 3.05) is 6.54 Å². The number of pyridine rings is 1. The zero-order valence-corrected chi connectivity index (χ0v) is 15.4. The van der Waals surface area contributed by atoms with Gasteiger partial charge >= 0.3 is 6.18 Å². The van der Waals surface area contributed by atoms with Crippen LogP contribution in [0, 0.1) is 6.92 Å². The molecule has 1 aliphatic rings. The van der Waals surface area contributed by atoms with Crippen LogP contribution in [-0.2, 0) is 25.7 Å². The molecular weight excluding hydrogens is 365 g/mol. The summed E-state index contributed by atoms with van der Waals surface area (Å²) in [5, 5.41) is 0. The Balaban J connectivity index is 1.50. The van der Waals surface area contributed by atoms with Gasteiger partial charge in [-0.25, -0.2) is 9.97 Å². The lowest BCUT2D eigenvalue weighted by molar-refractivity contribution is -0.137. The third-order valence-electron chi connectivity index (χ3n) is 4.99. The summed E-state index contributed by atoms with van der Waals surface area (Å²) in [7, 11) is 0. The summed E-state index contributed by atoms with van der Waals surface area (Å²) < 4.78 is 38.2. The van der Waals surface area contributed by atoms with Gasteiger partial charge in [0.25, 0.3) is 0 Å². The molecule has 0 atom stereocenters. The van der Waals surface area contributed by atoms with Crippen molar-refractivity contribution in [2.24, 2.45) is 0 Å². The van der Waals surface area contributed by atoms with Crippen molar-refractivity contribution in [1.29, 1.82) is 0 Å². The summed E-state index contributed by atoms with van der Waals surface area (Å²) in [4.78, 5) is 15.6. The van der Waals surface area contributed by atoms with E-state index in [1.165, 1.54) is 17.7 Å². The highest BCUT2D eigenvalue weighted by atomic mass is 19.4. The lowest BCUT2D eigenvalue weighted by Gasteiger charge is -2.28. The molecule has 0 fully saturated rings. The second-order valence-corrected chi connectivity index (χ2v) is 6.95. The Kier molecular flexibility index (Phi) is 4.85. The molecule has 0 unspecified atom stereocenters. The molecule has 1 aromatic carbocycles. The molecule has 0 amide bonds. The summed E-state index contributed by atoms with van der Waals surface area (Å²) in [6, 6.07) is 9.00. The van der Waals surface area contributed by atoms with Crippen LogP contribution in [0.3, 0.4) is 0 Å². The normalized spacial score (nSPS) is 14.7. The van der Waals surface area contributed by atoms with Crippen LogP contribution in [-0.4, -0.2) is 26.4 Å². The van der Waals surface area contributed by atoms with Crippen molar-refractivity contribution in [3.05, 3.63) is 76.9 Å². The quantitative estimate of drug-likeness (QED) is 0.670. The van der Waals surface area contributed by atoms with Crippen molar-refractivity contribution in [2.45, 2.75) is 32.6 Å². The van der Waals surface area contributed by atoms with Gasteiger partial charge in [-0.05, 0) is 30.7 Å². The minimum absolute atomic E-state index is 0.462. The first kappa shape index (κ1) is 18.6. The number of benzene rings is 1. The molecule has 0 saturated heterocycles. The summed E-state index contributed by atoms with van der Waals surface area (Å²) in [6.45, 7) is 4.44. The average molecular weight is 384 g/mol. The molecule has 3 aromatic rings. The fourth-order valence-electron chi connectivity index (χ4n) is 3.38. The number of halogens is 3. The van der Waals surface area contributed by atoms with Gasteiger partial charge in [0.15, 0.2) is 5.82 Å². The number of alkyl halides is 3. The summed E-state index contributed by atoms with van der Waals surface area (Å²) >= 11 is 0. The highest BCUT2D eigenvalue weighted by Gasteiger charge is 2.30. The van der Waals surface area contributed by atoms with E-state index in [-0.39, 0.29) is 0 Å². The molecule has 7 heteroatoms. The number of rotatable bonds is 3. The van der Waals surface area contributed by atoms with Crippen molar-refractivity contribution in [3.63, 3.8) is 0 Å². The molecule has 0 N–H and O–H groups in total. The first-order chi connectivity index (χ1) is 13.4. The van der Waals surface area contributed by atoms with Crippen molar-refractivity contribution in [3.8, 4) is 11.4 Å². The summed E-state index contributed by atoms with van der Waals surface area (Å²) in [5.41, 5.74) is 4.17. The largest absolute Gasteiger partial charge is 0.416 e. The maximum atomic E-state index is 12.7. The fraction of sp³-hybridized carbons (Fsp3) is 0.286. The Morgan fingerprint density at radius 3 is 2.57 bits per heavy atom. The zero-order valence-electron chi connectivity index (χ0n) is 15.4. The molecule has 2 aromatic heterocycles. The molecule has 1 aliphatic heterocycles. The van der Waals surface area contributed by atoms with E-state index in [2.05, 4.69) is 25.9 Å². The molecule has 0 radical (unpaired) electrons. The second kappa shape index (κ2) is 7.31. The maximum absolute atomic E-state index is 12.7. The van der Waals surface area contributed by atoms with Gasteiger partial charge in [-0.15, -0.1) is 0 Å². The monoisotopic (exact) mass is 384 g/mol. The third-order valence-corrected chi connectivity index (χ3v) is 4.99. The van der Waals surface area contributed by atoms with Gasteiger partial charge < -0.3 is 0 Å². The van der Waals surface area contributed by atoms with Crippen molar-refractivity contribution < 1.29 is 13.2 Å². The molecule has 4 rings (SSSR count). The molecular formula is C21H19F3N4. The number of aryl methyl sites for hydroxylation is 1. The molecule has 0 saturated carbocycles. The lowest BCUT2D eigenvalue weighted by Crippen LogP contribution is -2.31. The standard InChI is InChI=1S/C21H19F3N4/c1-14-16(3-2-9-25-14)12-28-10-8-19-17(13-28)11-26-20(27-19)15-4-6-18(7-5-15)21(22,23)24/h2-7,9,11H,8,10,12-13H2,1H3. The third kappa shape index (κ3) is 3.89. The highest BCUT2D eigenvalue weighted by molar-refractivity contribution is 5.56. The Morgan fingerprint density at radius 2 is 1.86 bits per heavy atom. The average Bonchev–Trinajstić information content (AvgIpc) is 2.69. The predicted molar refractivity (Wildman–Crippen MR) is 99.3 cm³/mol. The van der Waals surface area contributed by atoms with Crippen LogP contribution in [0.5, 0.6) is 0 Å². The van der Waals surface area contributed by atoms with Gasteiger partial charge in [-0.3, -0.25) is 9.88 Å². The number of fused-ring (bicyclic) bond motifs is 1. The van der Waals surface area contributed by atoms with E-state index in [1.807, 2.05) is 13.0 Å². The molecule has 0 aliphatic carbocycles. The van der Waals surface area contributed by atoms with Gasteiger partial charge in [0, 0.05) is 55.3 Å². The van der Waals surface area contributed by atoms with Crippen LogP contribution in [0.2, 0.25) is 0 Å². The van der Waals surface area contributed by atoms with E-state index in [4.69, 9.17) is 0 Å². The highest BCUT2D eigenvalue weighted by Crippen LogP contribution is 2.30. The maximum Gasteiger partial charge on any atom is 0.416 e. The van der Waals surface area contributed by atoms with E-state index < -0.39 is 11.7 Å². The van der Waals surface area contributed by atoms with E-state index in [1.54, 1.807) is 12.4 Å². The molecule has 0 spiro atoms. The Labute approximate surface area is 161 Å². The van der Waals surface area contributed by atoms with Gasteiger partial charge in [0.1, 0.15) is 0 Å². The number of hydrogen-bond acceptors (Lipinski definition) is 4. The molecule has 28 heavy (non-hydrogen) atoms. The topological polar surface area (TPSA) is 41.9 Å². The fourth-order valence-corrected chi connectivity index (χ4v) is 3.38. The summed E-state index contributed by atoms with van der Waals surface area (Å²) in [5.74, 6) is 0.462. The minimum Gasteiger partial charge on any atom is -0.294 e. The second-order valence-electron chi connectivity index (χ2n) is 6.95. The van der Waals surface area contributed by atoms with Crippen LogP contribution in [0.1, 0.15) is 28.1 Å². The zero-order chi connectivity index (χ0) is 19.7. The Bertz CT molecular complexity index is 984. The first-order valence-corrected chi connectivity index (χ1v) is 9.05. The molecule has 3 heterocycles. The Morgan fingerprint density at radius 1 is 1.07 bits per heavy atom. The number of hydrogen-bond donors (Lipinski definition) is 0. The van der Waals surface area contributed by atoms with Gasteiger partial charge in [-0.2, -0.15) is 13.2 Å². The van der Waals surface area contributed by atoms with Crippen LogP contribution in [0.4, 0.5) is 13.2 Å². The SMILES string of the molecule is Cc1ncccc1CN1CCc2nc(-c3ccc(C(F)(F)F)cc3)ncc2C1. The van der Waals surface area contributed by atoms with E-state index in [9.17, 15) is 13.2 Å². The minimum atomic E-state index is -4.34. The van der Waals surface area contributed by atoms with Crippen LogP contribution in [0.25, 0.3) is 11.4 Å². The van der Waals surface area contributed by atoms with E-state index in [0.717, 1.165) is 55.1 Å². The smallest absolute Gasteiger partial charge is 0.294 e. The molecule has 144 valence electrons. The van der Waals surface area contributed by atoms with Crippen LogP contribution >= 0.6 is 0 Å². The van der Waals surface area contributed by atoms with E-state index in [0.29, 0.717) is 11.4 Å². The molecule has 4 nitrogen and oxygen atoms in total.